The molecule has 0 radical (unpaired) electrons. The number of fused-ring (bicyclic) bond motifs is 1. The second-order valence-electron chi connectivity index (χ2n) is 7.81. The Kier molecular flexibility index (Phi) is 5.94. The van der Waals surface area contributed by atoms with Crippen LogP contribution in [0.15, 0.2) is 77.6 Å². The number of rotatable bonds is 6. The fourth-order valence-corrected chi connectivity index (χ4v) is 3.63. The van der Waals surface area contributed by atoms with Gasteiger partial charge in [0, 0.05) is 53.8 Å². The maximum absolute atomic E-state index is 13.4. The Hall–Kier alpha value is -3.73. The summed E-state index contributed by atoms with van der Waals surface area (Å²) in [4.78, 5) is 18.0. The normalized spacial score (nSPS) is 11.6. The van der Waals surface area contributed by atoms with Gasteiger partial charge < -0.3 is 5.32 Å². The van der Waals surface area contributed by atoms with Gasteiger partial charge in [0.25, 0.3) is 0 Å². The largest absolute Gasteiger partial charge is 0.388 e. The summed E-state index contributed by atoms with van der Waals surface area (Å²) in [5.74, 6) is 0. The van der Waals surface area contributed by atoms with Gasteiger partial charge in [0.2, 0.25) is 0 Å². The van der Waals surface area contributed by atoms with Gasteiger partial charge in [0.1, 0.15) is 0 Å². The predicted molar refractivity (Wildman–Crippen MR) is 127 cm³/mol. The van der Waals surface area contributed by atoms with Crippen LogP contribution in [-0.4, -0.2) is 21.3 Å². The molecule has 2 aromatic carbocycles. The van der Waals surface area contributed by atoms with E-state index in [1.54, 1.807) is 17.1 Å². The smallest absolute Gasteiger partial charge is 0.195 e. The first-order valence-corrected chi connectivity index (χ1v) is 10.4. The summed E-state index contributed by atoms with van der Waals surface area (Å²) in [6.07, 6.45) is 8.37. The Morgan fingerprint density at radius 2 is 1.90 bits per heavy atom. The summed E-state index contributed by atoms with van der Waals surface area (Å²) in [7, 11) is 1.87. The van der Waals surface area contributed by atoms with E-state index in [1.165, 1.54) is 5.56 Å². The fraction of sp³-hybridized carbons (Fsp3) is 0.192. The van der Waals surface area contributed by atoms with Crippen molar-refractivity contribution in [1.29, 1.82) is 0 Å². The molecule has 2 heterocycles. The standard InChI is InChI=1S/C26H26N4O/c1-18-9-10-25-24(14-21(15-28-25)22-16-29-30(3)17-22)26(31)23(18)13-19(2)27-12-11-20-7-5-4-6-8-20/h4-10,13-17,27H,11-12H2,1-3H3/b19-13+. The lowest BCUT2D eigenvalue weighted by Gasteiger charge is -2.07. The molecule has 5 nitrogen and oxygen atoms in total. The molecule has 1 N–H and O–H groups in total. The highest BCUT2D eigenvalue weighted by Crippen LogP contribution is 2.21. The molecular weight excluding hydrogens is 384 g/mol. The van der Waals surface area contributed by atoms with Crippen molar-refractivity contribution < 1.29 is 0 Å². The van der Waals surface area contributed by atoms with Gasteiger partial charge in [-0.25, -0.2) is 0 Å². The molecule has 0 aliphatic heterocycles. The molecule has 0 atom stereocenters. The third kappa shape index (κ3) is 4.72. The lowest BCUT2D eigenvalue weighted by Crippen LogP contribution is -2.15. The first-order valence-electron chi connectivity index (χ1n) is 10.4. The Morgan fingerprint density at radius 3 is 2.65 bits per heavy atom. The van der Waals surface area contributed by atoms with E-state index in [0.717, 1.165) is 35.4 Å². The fourth-order valence-electron chi connectivity index (χ4n) is 3.63. The average Bonchev–Trinajstić information content (AvgIpc) is 3.18. The predicted octanol–water partition coefficient (Wildman–Crippen LogP) is 4.50. The van der Waals surface area contributed by atoms with Crippen molar-refractivity contribution in [3.63, 3.8) is 0 Å². The second kappa shape index (κ2) is 8.96. The third-order valence-corrected chi connectivity index (χ3v) is 5.38. The molecule has 0 amide bonds. The van der Waals surface area contributed by atoms with Gasteiger partial charge in [-0.2, -0.15) is 5.10 Å². The van der Waals surface area contributed by atoms with Crippen LogP contribution in [-0.2, 0) is 13.5 Å². The van der Waals surface area contributed by atoms with Crippen LogP contribution in [0, 0.1) is 6.92 Å². The van der Waals surface area contributed by atoms with E-state index in [-0.39, 0.29) is 5.43 Å². The first kappa shape index (κ1) is 20.5. The highest BCUT2D eigenvalue weighted by molar-refractivity contribution is 5.84. The van der Waals surface area contributed by atoms with E-state index in [4.69, 9.17) is 0 Å². The van der Waals surface area contributed by atoms with Crippen molar-refractivity contribution in [1.82, 2.24) is 20.1 Å². The third-order valence-electron chi connectivity index (χ3n) is 5.38. The molecule has 156 valence electrons. The number of benzene rings is 1. The minimum absolute atomic E-state index is 0.0139. The van der Waals surface area contributed by atoms with Gasteiger partial charge in [-0.1, -0.05) is 36.4 Å². The number of hydrogen-bond acceptors (Lipinski definition) is 4. The molecule has 4 aromatic rings. The molecule has 31 heavy (non-hydrogen) atoms. The highest BCUT2D eigenvalue weighted by Gasteiger charge is 2.09. The van der Waals surface area contributed by atoms with Gasteiger partial charge in [-0.15, -0.1) is 0 Å². The number of aryl methyl sites for hydroxylation is 2. The van der Waals surface area contributed by atoms with Crippen LogP contribution in [0.5, 0.6) is 0 Å². The van der Waals surface area contributed by atoms with Crippen molar-refractivity contribution in [2.24, 2.45) is 7.05 Å². The second-order valence-corrected chi connectivity index (χ2v) is 7.81. The van der Waals surface area contributed by atoms with Crippen LogP contribution in [0.3, 0.4) is 0 Å². The van der Waals surface area contributed by atoms with E-state index in [1.807, 2.05) is 69.6 Å². The van der Waals surface area contributed by atoms with E-state index in [2.05, 4.69) is 27.5 Å². The number of nitrogens with zero attached hydrogens (tertiary/aromatic N) is 3. The lowest BCUT2D eigenvalue weighted by molar-refractivity contribution is 0.768. The Balaban J connectivity index is 1.66. The zero-order valence-electron chi connectivity index (χ0n) is 18.1. The van der Waals surface area contributed by atoms with Crippen molar-refractivity contribution in [3.05, 3.63) is 99.7 Å². The van der Waals surface area contributed by atoms with Crippen LogP contribution in [0.25, 0.3) is 28.1 Å². The number of hydrogen-bond donors (Lipinski definition) is 1. The molecule has 0 saturated heterocycles. The van der Waals surface area contributed by atoms with Crippen LogP contribution < -0.4 is 10.7 Å². The Bertz CT molecular complexity index is 1310. The van der Waals surface area contributed by atoms with E-state index in [0.29, 0.717) is 16.5 Å². The Labute approximate surface area is 182 Å². The summed E-state index contributed by atoms with van der Waals surface area (Å²) in [6.45, 7) is 4.77. The number of nitrogens with one attached hydrogen (secondary N) is 1. The minimum Gasteiger partial charge on any atom is -0.388 e. The monoisotopic (exact) mass is 410 g/mol. The molecule has 0 unspecified atom stereocenters. The highest BCUT2D eigenvalue weighted by atomic mass is 16.1. The summed E-state index contributed by atoms with van der Waals surface area (Å²) >= 11 is 0. The molecule has 0 bridgehead atoms. The molecule has 0 aliphatic carbocycles. The number of pyridine rings is 1. The van der Waals surface area contributed by atoms with Crippen molar-refractivity contribution in [2.75, 3.05) is 6.54 Å². The van der Waals surface area contributed by atoms with Crippen LogP contribution in [0.4, 0.5) is 0 Å². The van der Waals surface area contributed by atoms with Gasteiger partial charge in [-0.3, -0.25) is 14.5 Å². The van der Waals surface area contributed by atoms with E-state index in [9.17, 15) is 4.79 Å². The molecule has 0 spiro atoms. The quantitative estimate of drug-likeness (QED) is 0.509. The summed E-state index contributed by atoms with van der Waals surface area (Å²) in [6, 6.07) is 16.2. The van der Waals surface area contributed by atoms with Gasteiger partial charge >= 0.3 is 0 Å². The maximum atomic E-state index is 13.4. The Morgan fingerprint density at radius 1 is 1.10 bits per heavy atom. The summed E-state index contributed by atoms with van der Waals surface area (Å²) < 4.78 is 1.74. The topological polar surface area (TPSA) is 59.8 Å². The van der Waals surface area contributed by atoms with E-state index < -0.39 is 0 Å². The average molecular weight is 411 g/mol. The zero-order chi connectivity index (χ0) is 21.8. The van der Waals surface area contributed by atoms with Crippen LogP contribution in [0.1, 0.15) is 23.6 Å². The van der Waals surface area contributed by atoms with Gasteiger partial charge in [0.15, 0.2) is 5.43 Å². The number of allylic oxidation sites excluding steroid dienone is 1. The zero-order valence-corrected chi connectivity index (χ0v) is 18.1. The number of aromatic nitrogens is 3. The van der Waals surface area contributed by atoms with Gasteiger partial charge in [0.05, 0.1) is 11.7 Å². The van der Waals surface area contributed by atoms with Crippen LogP contribution in [0.2, 0.25) is 0 Å². The van der Waals surface area contributed by atoms with Crippen molar-refractivity contribution in [3.8, 4) is 11.1 Å². The van der Waals surface area contributed by atoms with Crippen LogP contribution >= 0.6 is 0 Å². The molecule has 5 heteroatoms. The van der Waals surface area contributed by atoms with Crippen molar-refractivity contribution in [2.45, 2.75) is 20.3 Å². The first-order chi connectivity index (χ1) is 15.0. The summed E-state index contributed by atoms with van der Waals surface area (Å²) in [5, 5.41) is 8.26. The maximum Gasteiger partial charge on any atom is 0.195 e. The molecular formula is C26H26N4O. The molecule has 0 aliphatic rings. The lowest BCUT2D eigenvalue weighted by atomic mass is 10.1. The molecule has 0 fully saturated rings. The minimum atomic E-state index is -0.0139. The molecule has 0 saturated carbocycles. The van der Waals surface area contributed by atoms with E-state index >= 15 is 0 Å². The SMILES string of the molecule is C/C(=C\c1c(C)ccc2ncc(-c3cnn(C)c3)cc2c1=O)NCCc1ccccc1. The van der Waals surface area contributed by atoms with Gasteiger partial charge in [-0.05, 0) is 49.6 Å². The summed E-state index contributed by atoms with van der Waals surface area (Å²) in [5.41, 5.74) is 6.36. The molecule has 2 aromatic heterocycles. The molecule has 4 rings (SSSR count). The van der Waals surface area contributed by atoms with Crippen molar-refractivity contribution >= 4 is 17.0 Å².